The van der Waals surface area contributed by atoms with E-state index in [-0.39, 0.29) is 0 Å². The lowest BCUT2D eigenvalue weighted by Crippen LogP contribution is -1.86. The molecule has 1 unspecified atom stereocenters. The van der Waals surface area contributed by atoms with Crippen molar-refractivity contribution < 1.29 is 4.21 Å². The van der Waals surface area contributed by atoms with Crippen LogP contribution in [0.4, 0.5) is 0 Å². The Morgan fingerprint density at radius 1 is 1.06 bits per heavy atom. The van der Waals surface area contributed by atoms with Crippen molar-refractivity contribution in [2.75, 3.05) is 0 Å². The third kappa shape index (κ3) is 3.53. The quantitative estimate of drug-likeness (QED) is 0.735. The summed E-state index contributed by atoms with van der Waals surface area (Å²) in [5.74, 6) is 0. The summed E-state index contributed by atoms with van der Waals surface area (Å²) < 4.78 is 13.2. The van der Waals surface area contributed by atoms with Crippen LogP contribution in [0.15, 0.2) is 58.8 Å². The van der Waals surface area contributed by atoms with Gasteiger partial charge in [-0.05, 0) is 59.4 Å². The van der Waals surface area contributed by atoms with E-state index < -0.39 is 10.8 Å². The number of hydrogen-bond donors (Lipinski definition) is 0. The molecule has 1 atom stereocenters. The van der Waals surface area contributed by atoms with Crippen LogP contribution in [0.1, 0.15) is 11.1 Å². The maximum absolute atomic E-state index is 12.1. The lowest BCUT2D eigenvalue weighted by Gasteiger charge is -1.99. The molecule has 0 amide bonds. The fourth-order valence-corrected chi connectivity index (χ4v) is 2.90. The van der Waals surface area contributed by atoms with Gasteiger partial charge in [0.25, 0.3) is 0 Å². The summed E-state index contributed by atoms with van der Waals surface area (Å²) in [6.07, 6.45) is 1.91. The first kappa shape index (κ1) is 13.5. The van der Waals surface area contributed by atoms with E-state index in [4.69, 9.17) is 0 Å². The van der Waals surface area contributed by atoms with Gasteiger partial charge in [0.2, 0.25) is 0 Å². The van der Waals surface area contributed by atoms with Crippen LogP contribution in [0.5, 0.6) is 0 Å². The van der Waals surface area contributed by atoms with Crippen molar-refractivity contribution in [3.05, 3.63) is 68.6 Å². The van der Waals surface area contributed by atoms with Crippen LogP contribution in [0, 0.1) is 10.5 Å². The Kier molecular flexibility index (Phi) is 4.72. The molecule has 0 bridgehead atoms. The van der Waals surface area contributed by atoms with E-state index in [0.717, 1.165) is 14.0 Å². The molecule has 0 spiro atoms. The molecule has 0 aliphatic carbocycles. The molecule has 0 radical (unpaired) electrons. The lowest BCUT2D eigenvalue weighted by molar-refractivity contribution is 0.688. The summed E-state index contributed by atoms with van der Waals surface area (Å²) in [6.45, 7) is 2.02. The molecule has 0 aromatic heterocycles. The van der Waals surface area contributed by atoms with Gasteiger partial charge in [-0.2, -0.15) is 0 Å². The van der Waals surface area contributed by atoms with Crippen LogP contribution in [0.25, 0.3) is 6.08 Å². The fraction of sp³-hybridized carbons (Fsp3) is 0.0667. The van der Waals surface area contributed by atoms with Crippen molar-refractivity contribution in [1.82, 2.24) is 0 Å². The Morgan fingerprint density at radius 3 is 2.39 bits per heavy atom. The van der Waals surface area contributed by atoms with E-state index in [1.807, 2.05) is 61.5 Å². The lowest BCUT2D eigenvalue weighted by atomic mass is 10.2. The third-order valence-electron chi connectivity index (χ3n) is 2.53. The molecule has 3 heteroatoms. The van der Waals surface area contributed by atoms with Crippen LogP contribution < -0.4 is 0 Å². The smallest absolute Gasteiger partial charge is 0.0776 e. The maximum atomic E-state index is 12.1. The summed E-state index contributed by atoms with van der Waals surface area (Å²) in [5, 5.41) is 1.74. The first-order chi connectivity index (χ1) is 8.66. The second kappa shape index (κ2) is 6.29. The van der Waals surface area contributed by atoms with Crippen molar-refractivity contribution in [2.45, 2.75) is 11.8 Å². The van der Waals surface area contributed by atoms with E-state index >= 15 is 0 Å². The zero-order valence-electron chi connectivity index (χ0n) is 9.97. The van der Waals surface area contributed by atoms with Crippen molar-refractivity contribution in [1.29, 1.82) is 0 Å². The first-order valence-electron chi connectivity index (χ1n) is 5.57. The van der Waals surface area contributed by atoms with Crippen LogP contribution in [-0.4, -0.2) is 4.21 Å². The Bertz CT molecular complexity index is 588. The molecule has 0 aliphatic rings. The van der Waals surface area contributed by atoms with Crippen LogP contribution in [-0.2, 0) is 10.8 Å². The SMILES string of the molecule is Cc1ccc(S(=O)/C=C/c2ccccc2I)cc1. The third-order valence-corrected chi connectivity index (χ3v) is 4.63. The number of rotatable bonds is 3. The minimum atomic E-state index is -1.08. The van der Waals surface area contributed by atoms with Gasteiger partial charge >= 0.3 is 0 Å². The summed E-state index contributed by atoms with van der Waals surface area (Å²) in [5.41, 5.74) is 2.27. The van der Waals surface area contributed by atoms with Gasteiger partial charge in [0.05, 0.1) is 10.8 Å². The Morgan fingerprint density at radius 2 is 1.72 bits per heavy atom. The number of hydrogen-bond acceptors (Lipinski definition) is 1. The molecule has 0 saturated heterocycles. The van der Waals surface area contributed by atoms with Gasteiger partial charge in [-0.25, -0.2) is 4.21 Å². The molecule has 2 aromatic carbocycles. The minimum absolute atomic E-state index is 0.836. The van der Waals surface area contributed by atoms with Gasteiger partial charge in [-0.3, -0.25) is 0 Å². The average Bonchev–Trinajstić information content (AvgIpc) is 2.38. The molecular formula is C15H13IOS. The van der Waals surface area contributed by atoms with Gasteiger partial charge in [-0.15, -0.1) is 0 Å². The molecule has 2 aromatic rings. The molecule has 0 fully saturated rings. The number of aryl methyl sites for hydroxylation is 1. The van der Waals surface area contributed by atoms with E-state index in [9.17, 15) is 4.21 Å². The number of halogens is 1. The molecule has 2 rings (SSSR count). The molecule has 1 nitrogen and oxygen atoms in total. The van der Waals surface area contributed by atoms with Crippen molar-refractivity contribution in [3.8, 4) is 0 Å². The van der Waals surface area contributed by atoms with Crippen molar-refractivity contribution in [2.24, 2.45) is 0 Å². The summed E-state index contributed by atoms with van der Waals surface area (Å²) >= 11 is 2.28. The monoisotopic (exact) mass is 368 g/mol. The average molecular weight is 368 g/mol. The highest BCUT2D eigenvalue weighted by Gasteiger charge is 1.99. The fourth-order valence-electron chi connectivity index (χ4n) is 1.50. The predicted octanol–water partition coefficient (Wildman–Crippen LogP) is 4.38. The normalized spacial score (nSPS) is 12.8. The second-order valence-corrected chi connectivity index (χ2v) is 6.44. The van der Waals surface area contributed by atoms with Gasteiger partial charge in [0.1, 0.15) is 0 Å². The zero-order chi connectivity index (χ0) is 13.0. The standard InChI is InChI=1S/C15H13IOS/c1-12-6-8-14(9-7-12)18(17)11-10-13-4-2-3-5-15(13)16/h2-11H,1H3/b11-10+. The highest BCUT2D eigenvalue weighted by molar-refractivity contribution is 14.1. The molecule has 0 saturated carbocycles. The topological polar surface area (TPSA) is 17.1 Å². The Labute approximate surface area is 124 Å². The second-order valence-electron chi connectivity index (χ2n) is 3.93. The predicted molar refractivity (Wildman–Crippen MR) is 85.8 cm³/mol. The summed E-state index contributed by atoms with van der Waals surface area (Å²) in [4.78, 5) is 0.836. The summed E-state index contributed by atoms with van der Waals surface area (Å²) in [6, 6.07) is 15.8. The number of benzene rings is 2. The maximum Gasteiger partial charge on any atom is 0.0776 e. The van der Waals surface area contributed by atoms with Gasteiger partial charge in [0, 0.05) is 13.9 Å². The molecule has 92 valence electrons. The van der Waals surface area contributed by atoms with Crippen LogP contribution in [0.2, 0.25) is 0 Å². The molecule has 0 N–H and O–H groups in total. The highest BCUT2D eigenvalue weighted by atomic mass is 127. The van der Waals surface area contributed by atoms with Gasteiger partial charge in [-0.1, -0.05) is 35.9 Å². The Hall–Kier alpha value is -0.940. The van der Waals surface area contributed by atoms with Crippen LogP contribution >= 0.6 is 22.6 Å². The van der Waals surface area contributed by atoms with E-state index in [2.05, 4.69) is 22.6 Å². The molecule has 0 aliphatic heterocycles. The Balaban J connectivity index is 2.17. The molecule has 0 heterocycles. The van der Waals surface area contributed by atoms with E-state index in [0.29, 0.717) is 0 Å². The van der Waals surface area contributed by atoms with Crippen molar-refractivity contribution >= 4 is 39.5 Å². The summed E-state index contributed by atoms with van der Waals surface area (Å²) in [7, 11) is -1.08. The van der Waals surface area contributed by atoms with E-state index in [1.54, 1.807) is 5.41 Å². The van der Waals surface area contributed by atoms with Crippen LogP contribution in [0.3, 0.4) is 0 Å². The van der Waals surface area contributed by atoms with E-state index in [1.165, 1.54) is 5.56 Å². The molecular weight excluding hydrogens is 355 g/mol. The minimum Gasteiger partial charge on any atom is -0.250 e. The zero-order valence-corrected chi connectivity index (χ0v) is 12.9. The first-order valence-corrected chi connectivity index (χ1v) is 7.86. The highest BCUT2D eigenvalue weighted by Crippen LogP contribution is 2.15. The molecule has 18 heavy (non-hydrogen) atoms. The van der Waals surface area contributed by atoms with Gasteiger partial charge in [0.15, 0.2) is 0 Å². The van der Waals surface area contributed by atoms with Gasteiger partial charge < -0.3 is 0 Å². The van der Waals surface area contributed by atoms with Crippen molar-refractivity contribution in [3.63, 3.8) is 0 Å². The largest absolute Gasteiger partial charge is 0.250 e.